The van der Waals surface area contributed by atoms with Gasteiger partial charge < -0.3 is 5.32 Å². The molecule has 0 radical (unpaired) electrons. The van der Waals surface area contributed by atoms with Gasteiger partial charge in [0.05, 0.1) is 6.20 Å². The number of hydrogen-bond acceptors (Lipinski definition) is 4. The standard InChI is InChI=1S/C13H26N4O2S/c1-7-13(4,5)17(6)20(18,19)12-11(9-15-16-12)8-14-10(2)3/h9-10,14H,7-8H2,1-6H3,(H,15,16). The van der Waals surface area contributed by atoms with Gasteiger partial charge in [0.2, 0.25) is 0 Å². The summed E-state index contributed by atoms with van der Waals surface area (Å²) in [5.74, 6) is 0. The molecule has 0 fully saturated rings. The fourth-order valence-electron chi connectivity index (χ4n) is 1.65. The molecule has 7 heteroatoms. The summed E-state index contributed by atoms with van der Waals surface area (Å²) in [6, 6.07) is 0.283. The zero-order valence-electron chi connectivity index (χ0n) is 13.2. The van der Waals surface area contributed by atoms with Crippen molar-refractivity contribution >= 4 is 10.0 Å². The minimum absolute atomic E-state index is 0.176. The van der Waals surface area contributed by atoms with Crippen LogP contribution in [0.2, 0.25) is 0 Å². The van der Waals surface area contributed by atoms with Crippen LogP contribution in [-0.2, 0) is 16.6 Å². The maximum Gasteiger partial charge on any atom is 0.260 e. The molecule has 0 atom stereocenters. The van der Waals surface area contributed by atoms with Crippen molar-refractivity contribution in [2.75, 3.05) is 7.05 Å². The van der Waals surface area contributed by atoms with E-state index in [1.807, 2.05) is 34.6 Å². The summed E-state index contributed by atoms with van der Waals surface area (Å²) in [4.78, 5) is 0. The Kier molecular flexibility index (Phi) is 5.34. The van der Waals surface area contributed by atoms with Crippen molar-refractivity contribution < 1.29 is 8.42 Å². The molecule has 1 aromatic rings. The van der Waals surface area contributed by atoms with Crippen molar-refractivity contribution in [2.24, 2.45) is 0 Å². The molecule has 116 valence electrons. The van der Waals surface area contributed by atoms with E-state index in [2.05, 4.69) is 15.5 Å². The highest BCUT2D eigenvalue weighted by Crippen LogP contribution is 2.25. The van der Waals surface area contributed by atoms with Crippen molar-refractivity contribution in [3.05, 3.63) is 11.8 Å². The maximum atomic E-state index is 12.7. The van der Waals surface area contributed by atoms with Crippen LogP contribution < -0.4 is 5.32 Å². The molecule has 2 N–H and O–H groups in total. The van der Waals surface area contributed by atoms with E-state index in [0.717, 1.165) is 6.42 Å². The third-order valence-electron chi connectivity index (χ3n) is 3.72. The van der Waals surface area contributed by atoms with Crippen molar-refractivity contribution in [1.29, 1.82) is 0 Å². The normalized spacial score (nSPS) is 13.4. The number of nitrogens with one attached hydrogen (secondary N) is 2. The Morgan fingerprint density at radius 1 is 1.45 bits per heavy atom. The van der Waals surface area contributed by atoms with Gasteiger partial charge in [-0.2, -0.15) is 9.40 Å². The van der Waals surface area contributed by atoms with Crippen LogP contribution in [0.1, 0.15) is 46.6 Å². The summed E-state index contributed by atoms with van der Waals surface area (Å²) < 4.78 is 26.8. The fourth-order valence-corrected chi connectivity index (χ4v) is 3.33. The Bertz CT molecular complexity index is 534. The molecule has 1 aromatic heterocycles. The van der Waals surface area contributed by atoms with Gasteiger partial charge >= 0.3 is 0 Å². The summed E-state index contributed by atoms with van der Waals surface area (Å²) in [5.41, 5.74) is 0.227. The van der Waals surface area contributed by atoms with Gasteiger partial charge in [-0.05, 0) is 20.3 Å². The van der Waals surface area contributed by atoms with Gasteiger partial charge in [0.25, 0.3) is 10.0 Å². The zero-order chi connectivity index (χ0) is 15.6. The molecule has 20 heavy (non-hydrogen) atoms. The van der Waals surface area contributed by atoms with E-state index in [0.29, 0.717) is 12.1 Å². The molecular formula is C13H26N4O2S. The van der Waals surface area contributed by atoms with Gasteiger partial charge in [0, 0.05) is 30.7 Å². The van der Waals surface area contributed by atoms with Gasteiger partial charge in [-0.25, -0.2) is 8.42 Å². The molecule has 0 amide bonds. The molecule has 1 rings (SSSR count). The number of sulfonamides is 1. The van der Waals surface area contributed by atoms with Crippen molar-refractivity contribution in [1.82, 2.24) is 19.8 Å². The van der Waals surface area contributed by atoms with E-state index in [1.165, 1.54) is 4.31 Å². The average molecular weight is 302 g/mol. The summed E-state index contributed by atoms with van der Waals surface area (Å²) in [7, 11) is -1.96. The molecule has 0 aliphatic rings. The quantitative estimate of drug-likeness (QED) is 0.804. The van der Waals surface area contributed by atoms with E-state index in [-0.39, 0.29) is 11.1 Å². The monoisotopic (exact) mass is 302 g/mol. The minimum Gasteiger partial charge on any atom is -0.310 e. The molecule has 0 aromatic carbocycles. The van der Waals surface area contributed by atoms with Gasteiger partial charge in [0.1, 0.15) is 0 Å². The zero-order valence-corrected chi connectivity index (χ0v) is 14.0. The summed E-state index contributed by atoms with van der Waals surface area (Å²) in [6.07, 6.45) is 2.30. The predicted octanol–water partition coefficient (Wildman–Crippen LogP) is 1.72. The second kappa shape index (κ2) is 6.24. The van der Waals surface area contributed by atoms with Gasteiger partial charge in [-0.3, -0.25) is 5.10 Å². The number of H-pyrrole nitrogens is 1. The van der Waals surface area contributed by atoms with Gasteiger partial charge in [0.15, 0.2) is 5.03 Å². The molecule has 1 heterocycles. The highest BCUT2D eigenvalue weighted by Gasteiger charge is 2.35. The molecule has 6 nitrogen and oxygen atoms in total. The summed E-state index contributed by atoms with van der Waals surface area (Å²) >= 11 is 0. The SMILES string of the molecule is CCC(C)(C)N(C)S(=O)(=O)c1[nH]ncc1CNC(C)C. The first kappa shape index (κ1) is 17.1. The maximum absolute atomic E-state index is 12.7. The van der Waals surface area contributed by atoms with E-state index in [9.17, 15) is 8.42 Å². The number of nitrogens with zero attached hydrogens (tertiary/aromatic N) is 2. The second-order valence-electron chi connectivity index (χ2n) is 5.90. The van der Waals surface area contributed by atoms with Crippen LogP contribution >= 0.6 is 0 Å². The number of aromatic amines is 1. The third kappa shape index (κ3) is 3.59. The summed E-state index contributed by atoms with van der Waals surface area (Å²) in [5, 5.41) is 9.90. The Morgan fingerprint density at radius 2 is 2.05 bits per heavy atom. The lowest BCUT2D eigenvalue weighted by atomic mass is 10.0. The Labute approximate surface area is 122 Å². The first-order chi connectivity index (χ1) is 9.13. The smallest absolute Gasteiger partial charge is 0.260 e. The van der Waals surface area contributed by atoms with Crippen LogP contribution in [0.3, 0.4) is 0 Å². The van der Waals surface area contributed by atoms with Crippen molar-refractivity contribution in [3.63, 3.8) is 0 Å². The molecule has 0 aliphatic heterocycles. The summed E-state index contributed by atoms with van der Waals surface area (Å²) in [6.45, 7) is 10.3. The predicted molar refractivity (Wildman–Crippen MR) is 79.9 cm³/mol. The van der Waals surface area contributed by atoms with Gasteiger partial charge in [-0.15, -0.1) is 0 Å². The molecule has 0 bridgehead atoms. The molecular weight excluding hydrogens is 276 g/mol. The topological polar surface area (TPSA) is 78.1 Å². The number of aromatic nitrogens is 2. The Morgan fingerprint density at radius 3 is 2.55 bits per heavy atom. The molecule has 0 unspecified atom stereocenters. The van der Waals surface area contributed by atoms with Crippen LogP contribution in [0.25, 0.3) is 0 Å². The first-order valence-corrected chi connectivity index (χ1v) is 8.31. The van der Waals surface area contributed by atoms with E-state index in [1.54, 1.807) is 13.2 Å². The van der Waals surface area contributed by atoms with Crippen LogP contribution in [0, 0.1) is 0 Å². The van der Waals surface area contributed by atoms with Crippen LogP contribution in [-0.4, -0.2) is 41.5 Å². The van der Waals surface area contributed by atoms with Gasteiger partial charge in [-0.1, -0.05) is 20.8 Å². The Hall–Kier alpha value is -0.920. The average Bonchev–Trinajstić information content (AvgIpc) is 2.84. The molecule has 0 aliphatic carbocycles. The lowest BCUT2D eigenvalue weighted by molar-refractivity contribution is 0.256. The van der Waals surface area contributed by atoms with E-state index < -0.39 is 15.6 Å². The molecule has 0 saturated heterocycles. The third-order valence-corrected chi connectivity index (χ3v) is 5.80. The number of hydrogen-bond donors (Lipinski definition) is 2. The fraction of sp³-hybridized carbons (Fsp3) is 0.769. The Balaban J connectivity index is 3.08. The largest absolute Gasteiger partial charge is 0.310 e. The lowest BCUT2D eigenvalue weighted by Gasteiger charge is -2.33. The number of rotatable bonds is 7. The lowest BCUT2D eigenvalue weighted by Crippen LogP contribution is -2.44. The van der Waals surface area contributed by atoms with E-state index in [4.69, 9.17) is 0 Å². The second-order valence-corrected chi connectivity index (χ2v) is 7.80. The highest BCUT2D eigenvalue weighted by atomic mass is 32.2. The molecule has 0 saturated carbocycles. The molecule has 0 spiro atoms. The minimum atomic E-state index is -3.57. The van der Waals surface area contributed by atoms with E-state index >= 15 is 0 Å². The van der Waals surface area contributed by atoms with Crippen LogP contribution in [0.15, 0.2) is 11.2 Å². The highest BCUT2D eigenvalue weighted by molar-refractivity contribution is 7.89. The van der Waals surface area contributed by atoms with Crippen molar-refractivity contribution in [2.45, 2.75) is 64.2 Å². The van der Waals surface area contributed by atoms with Crippen LogP contribution in [0.4, 0.5) is 0 Å². The van der Waals surface area contributed by atoms with Crippen molar-refractivity contribution in [3.8, 4) is 0 Å². The van der Waals surface area contributed by atoms with Crippen LogP contribution in [0.5, 0.6) is 0 Å². The first-order valence-electron chi connectivity index (χ1n) is 6.87.